The van der Waals surface area contributed by atoms with Crippen LogP contribution in [0.2, 0.25) is 0 Å². The molecule has 2 nitrogen and oxygen atoms in total. The van der Waals surface area contributed by atoms with Crippen LogP contribution in [0.25, 0.3) is 0 Å². The third-order valence-electron chi connectivity index (χ3n) is 2.96. The molecule has 0 saturated carbocycles. The smallest absolute Gasteiger partial charge is 0.123 e. The number of benzene rings is 1. The number of likely N-dealkylation sites (N-methyl/N-ethyl adjacent to an activating group) is 1. The van der Waals surface area contributed by atoms with E-state index < -0.39 is 0 Å². The second-order valence-electron chi connectivity index (χ2n) is 4.33. The van der Waals surface area contributed by atoms with Crippen LogP contribution in [0.5, 0.6) is 5.75 Å². The Morgan fingerprint density at radius 1 is 1.40 bits per heavy atom. The van der Waals surface area contributed by atoms with E-state index in [0.717, 1.165) is 25.3 Å². The molecule has 15 heavy (non-hydrogen) atoms. The summed E-state index contributed by atoms with van der Waals surface area (Å²) in [6.07, 6.45) is 1.09. The SMILES string of the molecule is CCNC1COc2cc(C)cc(C)c2C1. The van der Waals surface area contributed by atoms with Gasteiger partial charge in [0.05, 0.1) is 0 Å². The first-order chi connectivity index (χ1) is 7.20. The molecule has 1 N–H and O–H groups in total. The van der Waals surface area contributed by atoms with Gasteiger partial charge in [0.1, 0.15) is 12.4 Å². The lowest BCUT2D eigenvalue weighted by Crippen LogP contribution is -2.39. The average Bonchev–Trinajstić information content (AvgIpc) is 2.19. The second-order valence-corrected chi connectivity index (χ2v) is 4.33. The van der Waals surface area contributed by atoms with E-state index in [-0.39, 0.29) is 0 Å². The average molecular weight is 205 g/mol. The predicted molar refractivity (Wildman–Crippen MR) is 62.6 cm³/mol. The van der Waals surface area contributed by atoms with Crippen molar-refractivity contribution in [2.75, 3.05) is 13.2 Å². The van der Waals surface area contributed by atoms with Crippen LogP contribution in [0.1, 0.15) is 23.6 Å². The summed E-state index contributed by atoms with van der Waals surface area (Å²) in [5.41, 5.74) is 4.01. The molecule has 0 radical (unpaired) electrons. The number of hydrogen-bond acceptors (Lipinski definition) is 2. The zero-order valence-electron chi connectivity index (χ0n) is 9.76. The molecule has 2 rings (SSSR count). The zero-order valence-corrected chi connectivity index (χ0v) is 9.76. The van der Waals surface area contributed by atoms with Gasteiger partial charge >= 0.3 is 0 Å². The number of aryl methyl sites for hydroxylation is 2. The maximum atomic E-state index is 5.79. The monoisotopic (exact) mass is 205 g/mol. The second kappa shape index (κ2) is 4.23. The molecule has 0 fully saturated rings. The first kappa shape index (κ1) is 10.5. The summed E-state index contributed by atoms with van der Waals surface area (Å²) in [6.45, 7) is 8.23. The highest BCUT2D eigenvalue weighted by Crippen LogP contribution is 2.29. The number of ether oxygens (including phenoxy) is 1. The molecule has 0 saturated heterocycles. The fourth-order valence-electron chi connectivity index (χ4n) is 2.26. The van der Waals surface area contributed by atoms with E-state index in [1.165, 1.54) is 16.7 Å². The van der Waals surface area contributed by atoms with Crippen molar-refractivity contribution in [2.24, 2.45) is 0 Å². The van der Waals surface area contributed by atoms with Crippen molar-refractivity contribution in [3.05, 3.63) is 28.8 Å². The molecule has 1 heterocycles. The summed E-state index contributed by atoms with van der Waals surface area (Å²) in [7, 11) is 0. The van der Waals surface area contributed by atoms with Gasteiger partial charge in [-0.2, -0.15) is 0 Å². The third-order valence-corrected chi connectivity index (χ3v) is 2.96. The largest absolute Gasteiger partial charge is 0.492 e. The molecular formula is C13H19NO. The van der Waals surface area contributed by atoms with Gasteiger partial charge < -0.3 is 10.1 Å². The Morgan fingerprint density at radius 3 is 2.93 bits per heavy atom. The van der Waals surface area contributed by atoms with Crippen LogP contribution in [-0.2, 0) is 6.42 Å². The van der Waals surface area contributed by atoms with Gasteiger partial charge in [0, 0.05) is 6.04 Å². The summed E-state index contributed by atoms with van der Waals surface area (Å²) in [5, 5.41) is 3.44. The first-order valence-electron chi connectivity index (χ1n) is 5.67. The van der Waals surface area contributed by atoms with E-state index in [0.29, 0.717) is 6.04 Å². The molecule has 1 atom stereocenters. The highest BCUT2D eigenvalue weighted by molar-refractivity contribution is 5.44. The number of rotatable bonds is 2. The van der Waals surface area contributed by atoms with E-state index in [1.54, 1.807) is 0 Å². The van der Waals surface area contributed by atoms with Crippen LogP contribution in [-0.4, -0.2) is 19.2 Å². The molecule has 82 valence electrons. The minimum atomic E-state index is 0.476. The van der Waals surface area contributed by atoms with Crippen LogP contribution in [0.15, 0.2) is 12.1 Å². The van der Waals surface area contributed by atoms with Gasteiger partial charge in [-0.3, -0.25) is 0 Å². The minimum absolute atomic E-state index is 0.476. The molecule has 0 bridgehead atoms. The Hall–Kier alpha value is -1.02. The van der Waals surface area contributed by atoms with Crippen LogP contribution < -0.4 is 10.1 Å². The predicted octanol–water partition coefficient (Wildman–Crippen LogP) is 2.22. The van der Waals surface area contributed by atoms with Crippen molar-refractivity contribution >= 4 is 0 Å². The molecule has 0 aromatic heterocycles. The van der Waals surface area contributed by atoms with Crippen LogP contribution in [0.3, 0.4) is 0 Å². The summed E-state index contributed by atoms with van der Waals surface area (Å²) in [5.74, 6) is 1.08. The van der Waals surface area contributed by atoms with Crippen molar-refractivity contribution in [2.45, 2.75) is 33.2 Å². The highest BCUT2D eigenvalue weighted by atomic mass is 16.5. The van der Waals surface area contributed by atoms with Crippen molar-refractivity contribution < 1.29 is 4.74 Å². The molecule has 0 spiro atoms. The summed E-state index contributed by atoms with van der Waals surface area (Å²) in [6, 6.07) is 4.85. The first-order valence-corrected chi connectivity index (χ1v) is 5.67. The van der Waals surface area contributed by atoms with Crippen molar-refractivity contribution in [1.29, 1.82) is 0 Å². The van der Waals surface area contributed by atoms with Crippen molar-refractivity contribution in [1.82, 2.24) is 5.32 Å². The topological polar surface area (TPSA) is 21.3 Å². The van der Waals surface area contributed by atoms with E-state index in [4.69, 9.17) is 4.74 Å². The number of nitrogens with one attached hydrogen (secondary N) is 1. The maximum Gasteiger partial charge on any atom is 0.123 e. The molecule has 1 aromatic carbocycles. The standard InChI is InChI=1S/C13H19NO/c1-4-14-11-7-12-10(3)5-9(2)6-13(12)15-8-11/h5-6,11,14H,4,7-8H2,1-3H3. The van der Waals surface area contributed by atoms with Crippen molar-refractivity contribution in [3.8, 4) is 5.75 Å². The highest BCUT2D eigenvalue weighted by Gasteiger charge is 2.20. The van der Waals surface area contributed by atoms with Crippen LogP contribution in [0, 0.1) is 13.8 Å². The van der Waals surface area contributed by atoms with E-state index in [1.807, 2.05) is 0 Å². The van der Waals surface area contributed by atoms with E-state index in [9.17, 15) is 0 Å². The molecule has 0 amide bonds. The normalized spacial score (nSPS) is 19.5. The lowest BCUT2D eigenvalue weighted by molar-refractivity contribution is 0.240. The van der Waals surface area contributed by atoms with E-state index >= 15 is 0 Å². The summed E-state index contributed by atoms with van der Waals surface area (Å²) in [4.78, 5) is 0. The van der Waals surface area contributed by atoms with Gasteiger partial charge in [0.25, 0.3) is 0 Å². The van der Waals surface area contributed by atoms with E-state index in [2.05, 4.69) is 38.2 Å². The molecule has 1 unspecified atom stereocenters. The lowest BCUT2D eigenvalue weighted by atomic mass is 9.96. The Labute approximate surface area is 91.6 Å². The molecular weight excluding hydrogens is 186 g/mol. The van der Waals surface area contributed by atoms with Gasteiger partial charge in [0.2, 0.25) is 0 Å². The van der Waals surface area contributed by atoms with Crippen molar-refractivity contribution in [3.63, 3.8) is 0 Å². The molecule has 2 heteroatoms. The molecule has 1 aromatic rings. The zero-order chi connectivity index (χ0) is 10.8. The quantitative estimate of drug-likeness (QED) is 0.799. The Kier molecular flexibility index (Phi) is 2.96. The fraction of sp³-hybridized carbons (Fsp3) is 0.538. The lowest BCUT2D eigenvalue weighted by Gasteiger charge is -2.27. The van der Waals surface area contributed by atoms with Gasteiger partial charge in [-0.25, -0.2) is 0 Å². The maximum absolute atomic E-state index is 5.79. The summed E-state index contributed by atoms with van der Waals surface area (Å²) < 4.78 is 5.79. The third kappa shape index (κ3) is 2.15. The number of fused-ring (bicyclic) bond motifs is 1. The fourth-order valence-corrected chi connectivity index (χ4v) is 2.26. The Balaban J connectivity index is 2.25. The molecule has 1 aliphatic heterocycles. The number of hydrogen-bond donors (Lipinski definition) is 1. The van der Waals surface area contributed by atoms with Crippen LogP contribution >= 0.6 is 0 Å². The minimum Gasteiger partial charge on any atom is -0.492 e. The van der Waals surface area contributed by atoms with Crippen LogP contribution in [0.4, 0.5) is 0 Å². The van der Waals surface area contributed by atoms with Gasteiger partial charge in [-0.05, 0) is 49.6 Å². The Bertz CT molecular complexity index is 360. The Morgan fingerprint density at radius 2 is 2.20 bits per heavy atom. The van der Waals surface area contributed by atoms with Gasteiger partial charge in [-0.15, -0.1) is 0 Å². The molecule has 1 aliphatic rings. The molecule has 0 aliphatic carbocycles. The van der Waals surface area contributed by atoms with Gasteiger partial charge in [-0.1, -0.05) is 13.0 Å². The summed E-state index contributed by atoms with van der Waals surface area (Å²) >= 11 is 0. The van der Waals surface area contributed by atoms with Gasteiger partial charge in [0.15, 0.2) is 0 Å².